The predicted octanol–water partition coefficient (Wildman–Crippen LogP) is 1.83. The average molecular weight is 257 g/mol. The van der Waals surface area contributed by atoms with Crippen molar-refractivity contribution in [3.05, 3.63) is 29.3 Å². The van der Waals surface area contributed by atoms with E-state index in [1.54, 1.807) is 7.05 Å². The Balaban J connectivity index is 2.12. The number of nitrogens with zero attached hydrogens (tertiary/aromatic N) is 2. The van der Waals surface area contributed by atoms with Crippen LogP contribution in [0.1, 0.15) is 24.0 Å². The van der Waals surface area contributed by atoms with Gasteiger partial charge in [-0.3, -0.25) is 4.79 Å². The molecule has 0 aromatic heterocycles. The molecule has 0 aliphatic carbocycles. The van der Waals surface area contributed by atoms with Crippen LogP contribution in [-0.4, -0.2) is 26.0 Å². The second kappa shape index (κ2) is 5.75. The number of anilines is 1. The van der Waals surface area contributed by atoms with Crippen molar-refractivity contribution in [1.29, 1.82) is 5.26 Å². The zero-order chi connectivity index (χ0) is 13.8. The molecule has 1 amide bonds. The van der Waals surface area contributed by atoms with E-state index in [9.17, 15) is 10.1 Å². The Bertz CT molecular complexity index is 511. The Morgan fingerprint density at radius 1 is 1.42 bits per heavy atom. The molecule has 0 atom stereocenters. The van der Waals surface area contributed by atoms with Gasteiger partial charge in [-0.2, -0.15) is 5.26 Å². The van der Waals surface area contributed by atoms with Crippen LogP contribution in [0, 0.1) is 24.2 Å². The van der Waals surface area contributed by atoms with Crippen LogP contribution in [0.15, 0.2) is 18.2 Å². The van der Waals surface area contributed by atoms with Gasteiger partial charge >= 0.3 is 0 Å². The van der Waals surface area contributed by atoms with Gasteiger partial charge in [-0.05, 0) is 37.5 Å². The summed E-state index contributed by atoms with van der Waals surface area (Å²) in [6, 6.07) is 8.13. The summed E-state index contributed by atoms with van der Waals surface area (Å²) in [7, 11) is 1.68. The van der Waals surface area contributed by atoms with Gasteiger partial charge < -0.3 is 10.2 Å². The molecule has 1 heterocycles. The minimum atomic E-state index is 0.108. The maximum absolute atomic E-state index is 11.6. The summed E-state index contributed by atoms with van der Waals surface area (Å²) in [5, 5.41) is 11.9. The van der Waals surface area contributed by atoms with Crippen LogP contribution in [0.3, 0.4) is 0 Å². The number of amides is 1. The summed E-state index contributed by atoms with van der Waals surface area (Å²) in [6.45, 7) is 3.69. The third-order valence-electron chi connectivity index (χ3n) is 3.73. The summed E-state index contributed by atoms with van der Waals surface area (Å²) in [4.78, 5) is 13.8. The van der Waals surface area contributed by atoms with Crippen molar-refractivity contribution in [3.8, 4) is 6.07 Å². The Labute approximate surface area is 114 Å². The minimum absolute atomic E-state index is 0.108. The molecule has 1 aromatic rings. The molecule has 1 saturated heterocycles. The van der Waals surface area contributed by atoms with E-state index in [1.165, 1.54) is 0 Å². The van der Waals surface area contributed by atoms with E-state index in [4.69, 9.17) is 0 Å². The molecule has 0 spiro atoms. The molecule has 1 aliphatic rings. The Hall–Kier alpha value is -2.02. The highest BCUT2D eigenvalue weighted by Gasteiger charge is 2.25. The Morgan fingerprint density at radius 3 is 2.68 bits per heavy atom. The maximum atomic E-state index is 11.6. The van der Waals surface area contributed by atoms with Gasteiger partial charge in [0, 0.05) is 26.1 Å². The summed E-state index contributed by atoms with van der Waals surface area (Å²) in [6.07, 6.45) is 1.69. The molecule has 1 aromatic carbocycles. The van der Waals surface area contributed by atoms with Crippen LogP contribution < -0.4 is 10.2 Å². The first kappa shape index (κ1) is 13.4. The van der Waals surface area contributed by atoms with Crippen LogP contribution in [-0.2, 0) is 4.79 Å². The average Bonchev–Trinajstić information content (AvgIpc) is 2.46. The van der Waals surface area contributed by atoms with E-state index in [0.717, 1.165) is 37.2 Å². The molecule has 0 bridgehead atoms. The van der Waals surface area contributed by atoms with E-state index < -0.39 is 0 Å². The van der Waals surface area contributed by atoms with Crippen LogP contribution in [0.2, 0.25) is 0 Å². The third-order valence-corrected chi connectivity index (χ3v) is 3.73. The zero-order valence-electron chi connectivity index (χ0n) is 11.4. The maximum Gasteiger partial charge on any atom is 0.222 e. The van der Waals surface area contributed by atoms with Crippen molar-refractivity contribution in [2.75, 3.05) is 25.0 Å². The van der Waals surface area contributed by atoms with Gasteiger partial charge in [0.05, 0.1) is 11.3 Å². The number of nitriles is 1. The number of benzene rings is 1. The first-order valence-electron chi connectivity index (χ1n) is 6.63. The van der Waals surface area contributed by atoms with E-state index in [2.05, 4.69) is 22.4 Å². The molecule has 19 heavy (non-hydrogen) atoms. The van der Waals surface area contributed by atoms with E-state index in [1.807, 2.05) is 19.1 Å². The van der Waals surface area contributed by atoms with Crippen molar-refractivity contribution in [2.24, 2.45) is 5.92 Å². The lowest BCUT2D eigenvalue weighted by atomic mass is 9.95. The van der Waals surface area contributed by atoms with Crippen LogP contribution in [0.5, 0.6) is 0 Å². The van der Waals surface area contributed by atoms with Gasteiger partial charge in [0.15, 0.2) is 0 Å². The highest BCUT2D eigenvalue weighted by Crippen LogP contribution is 2.27. The molecule has 4 nitrogen and oxygen atoms in total. The number of hydrogen-bond acceptors (Lipinski definition) is 3. The molecule has 1 N–H and O–H groups in total. The van der Waals surface area contributed by atoms with Crippen molar-refractivity contribution in [2.45, 2.75) is 19.8 Å². The summed E-state index contributed by atoms with van der Waals surface area (Å²) in [5.41, 5.74) is 2.87. The van der Waals surface area contributed by atoms with Crippen molar-refractivity contribution >= 4 is 11.6 Å². The minimum Gasteiger partial charge on any atom is -0.370 e. The number of carbonyl (C=O) groups excluding carboxylic acids is 1. The quantitative estimate of drug-likeness (QED) is 0.879. The number of carbonyl (C=O) groups is 1. The molecule has 1 fully saturated rings. The molecule has 0 unspecified atom stereocenters. The van der Waals surface area contributed by atoms with E-state index in [0.29, 0.717) is 5.56 Å². The standard InChI is InChI=1S/C15H19N3O/c1-11-3-4-13(10-16)14(9-11)18-7-5-12(6-8-18)15(19)17-2/h3-4,9,12H,5-8H2,1-2H3,(H,17,19). The van der Waals surface area contributed by atoms with Gasteiger partial charge in [-0.15, -0.1) is 0 Å². The Kier molecular flexibility index (Phi) is 4.06. The number of nitrogens with one attached hydrogen (secondary N) is 1. The molecule has 1 aliphatic heterocycles. The highest BCUT2D eigenvalue weighted by molar-refractivity contribution is 5.78. The van der Waals surface area contributed by atoms with E-state index >= 15 is 0 Å². The van der Waals surface area contributed by atoms with Crippen molar-refractivity contribution in [1.82, 2.24) is 5.32 Å². The third kappa shape index (κ3) is 2.87. The molecule has 100 valence electrons. The monoisotopic (exact) mass is 257 g/mol. The van der Waals surface area contributed by atoms with Crippen molar-refractivity contribution in [3.63, 3.8) is 0 Å². The molecule has 0 radical (unpaired) electrons. The van der Waals surface area contributed by atoms with Gasteiger partial charge in [0.25, 0.3) is 0 Å². The lowest BCUT2D eigenvalue weighted by molar-refractivity contribution is -0.125. The smallest absolute Gasteiger partial charge is 0.222 e. The molecular formula is C15H19N3O. The summed E-state index contributed by atoms with van der Waals surface area (Å²) >= 11 is 0. The fourth-order valence-corrected chi connectivity index (χ4v) is 2.58. The lowest BCUT2D eigenvalue weighted by Crippen LogP contribution is -2.39. The molecule has 4 heteroatoms. The fraction of sp³-hybridized carbons (Fsp3) is 0.467. The second-order valence-electron chi connectivity index (χ2n) is 5.01. The van der Waals surface area contributed by atoms with Gasteiger partial charge in [-0.1, -0.05) is 6.07 Å². The van der Waals surface area contributed by atoms with Crippen LogP contribution >= 0.6 is 0 Å². The SMILES string of the molecule is CNC(=O)C1CCN(c2cc(C)ccc2C#N)CC1. The Morgan fingerprint density at radius 2 is 2.11 bits per heavy atom. The first-order valence-corrected chi connectivity index (χ1v) is 6.63. The number of aryl methyl sites for hydroxylation is 1. The van der Waals surface area contributed by atoms with Gasteiger partial charge in [-0.25, -0.2) is 0 Å². The summed E-state index contributed by atoms with van der Waals surface area (Å²) < 4.78 is 0. The largest absolute Gasteiger partial charge is 0.370 e. The lowest BCUT2D eigenvalue weighted by Gasteiger charge is -2.33. The van der Waals surface area contributed by atoms with E-state index in [-0.39, 0.29) is 11.8 Å². The first-order chi connectivity index (χ1) is 9.15. The van der Waals surface area contributed by atoms with Crippen LogP contribution in [0.25, 0.3) is 0 Å². The highest BCUT2D eigenvalue weighted by atomic mass is 16.1. The number of rotatable bonds is 2. The number of piperidine rings is 1. The summed E-state index contributed by atoms with van der Waals surface area (Å²) in [5.74, 6) is 0.237. The normalized spacial score (nSPS) is 15.9. The molecule has 2 rings (SSSR count). The molecular weight excluding hydrogens is 238 g/mol. The van der Waals surface area contributed by atoms with Crippen molar-refractivity contribution < 1.29 is 4.79 Å². The second-order valence-corrected chi connectivity index (χ2v) is 5.01. The van der Waals surface area contributed by atoms with Gasteiger partial charge in [0.1, 0.15) is 6.07 Å². The molecule has 0 saturated carbocycles. The number of hydrogen-bond donors (Lipinski definition) is 1. The van der Waals surface area contributed by atoms with Gasteiger partial charge in [0.2, 0.25) is 5.91 Å². The zero-order valence-corrected chi connectivity index (χ0v) is 11.4. The predicted molar refractivity (Wildman–Crippen MR) is 74.9 cm³/mol. The fourth-order valence-electron chi connectivity index (χ4n) is 2.58. The van der Waals surface area contributed by atoms with Crippen LogP contribution in [0.4, 0.5) is 5.69 Å². The topological polar surface area (TPSA) is 56.1 Å².